The fourth-order valence-corrected chi connectivity index (χ4v) is 4.99. The van der Waals surface area contributed by atoms with Gasteiger partial charge in [0, 0.05) is 36.5 Å². The number of alkyl halides is 1. The van der Waals surface area contributed by atoms with Crippen molar-refractivity contribution in [3.8, 4) is 5.75 Å². The van der Waals surface area contributed by atoms with Crippen LogP contribution >= 0.6 is 0 Å². The molecule has 5 rings (SSSR count). The number of hydrogen-bond acceptors (Lipinski definition) is 4. The van der Waals surface area contributed by atoms with Gasteiger partial charge in [0.1, 0.15) is 24.6 Å². The monoisotopic (exact) mass is 463 g/mol. The molecule has 2 saturated heterocycles. The van der Waals surface area contributed by atoms with Gasteiger partial charge in [0.15, 0.2) is 0 Å². The predicted molar refractivity (Wildman–Crippen MR) is 127 cm³/mol. The van der Waals surface area contributed by atoms with Gasteiger partial charge < -0.3 is 15.0 Å². The van der Waals surface area contributed by atoms with Crippen LogP contribution in [0.15, 0.2) is 54.7 Å². The van der Waals surface area contributed by atoms with Gasteiger partial charge in [-0.1, -0.05) is 36.9 Å². The van der Waals surface area contributed by atoms with Crippen LogP contribution in [-0.4, -0.2) is 46.9 Å². The highest BCUT2D eigenvalue weighted by Crippen LogP contribution is 2.34. The lowest BCUT2D eigenvalue weighted by Crippen LogP contribution is -2.49. The molecule has 7 heteroatoms. The zero-order valence-corrected chi connectivity index (χ0v) is 19.3. The summed E-state index contributed by atoms with van der Waals surface area (Å²) in [5, 5.41) is 2.77. The SMILES string of the molecule is C=C1CCC(N2Cc3c(OCc4ccc(CN5CCC(F)CC5)cc4)cccc3C2=O)C(=O)N1. The summed E-state index contributed by atoms with van der Waals surface area (Å²) in [7, 11) is 0. The summed E-state index contributed by atoms with van der Waals surface area (Å²) < 4.78 is 19.5. The Hall–Kier alpha value is -3.19. The highest BCUT2D eigenvalue weighted by Gasteiger charge is 2.39. The van der Waals surface area contributed by atoms with Gasteiger partial charge in [-0.15, -0.1) is 0 Å². The number of benzene rings is 2. The van der Waals surface area contributed by atoms with Gasteiger partial charge in [-0.3, -0.25) is 14.5 Å². The molecule has 0 radical (unpaired) electrons. The Balaban J connectivity index is 1.21. The molecular weight excluding hydrogens is 433 g/mol. The Morgan fingerprint density at radius 3 is 2.50 bits per heavy atom. The van der Waals surface area contributed by atoms with Crippen molar-refractivity contribution >= 4 is 11.8 Å². The van der Waals surface area contributed by atoms with Crippen molar-refractivity contribution in [3.63, 3.8) is 0 Å². The van der Waals surface area contributed by atoms with Crippen LogP contribution in [0.1, 0.15) is 52.7 Å². The molecule has 3 heterocycles. The molecule has 3 aliphatic rings. The molecule has 2 aromatic rings. The maximum atomic E-state index is 13.3. The van der Waals surface area contributed by atoms with E-state index in [1.54, 1.807) is 11.0 Å². The molecule has 1 unspecified atom stereocenters. The highest BCUT2D eigenvalue weighted by molar-refractivity contribution is 6.02. The molecule has 1 N–H and O–H groups in total. The number of allylic oxidation sites excluding steroid dienone is 1. The van der Waals surface area contributed by atoms with Crippen molar-refractivity contribution < 1.29 is 18.7 Å². The largest absolute Gasteiger partial charge is 0.489 e. The van der Waals surface area contributed by atoms with Gasteiger partial charge in [-0.2, -0.15) is 0 Å². The summed E-state index contributed by atoms with van der Waals surface area (Å²) in [6, 6.07) is 13.3. The average molecular weight is 464 g/mol. The van der Waals surface area contributed by atoms with Crippen molar-refractivity contribution in [2.75, 3.05) is 13.1 Å². The van der Waals surface area contributed by atoms with Crippen LogP contribution in [-0.2, 0) is 24.5 Å². The summed E-state index contributed by atoms with van der Waals surface area (Å²) in [5.74, 6) is 0.371. The maximum absolute atomic E-state index is 13.3. The quantitative estimate of drug-likeness (QED) is 0.705. The van der Waals surface area contributed by atoms with Crippen molar-refractivity contribution in [2.24, 2.45) is 0 Å². The normalized spacial score (nSPS) is 21.5. The van der Waals surface area contributed by atoms with Crippen LogP contribution in [0.3, 0.4) is 0 Å². The number of nitrogens with one attached hydrogen (secondary N) is 1. The topological polar surface area (TPSA) is 61.9 Å². The number of ether oxygens (including phenoxy) is 1. The molecule has 3 aliphatic heterocycles. The number of nitrogens with zero attached hydrogens (tertiary/aromatic N) is 2. The van der Waals surface area contributed by atoms with Crippen molar-refractivity contribution in [1.82, 2.24) is 15.1 Å². The van der Waals surface area contributed by atoms with Gasteiger partial charge in [0.25, 0.3) is 5.91 Å². The molecule has 0 aliphatic carbocycles. The molecule has 178 valence electrons. The van der Waals surface area contributed by atoms with Gasteiger partial charge in [0.2, 0.25) is 5.91 Å². The van der Waals surface area contributed by atoms with E-state index in [2.05, 4.69) is 41.1 Å². The average Bonchev–Trinajstić information content (AvgIpc) is 3.17. The van der Waals surface area contributed by atoms with Crippen LogP contribution in [0, 0.1) is 0 Å². The Kier molecular flexibility index (Phi) is 6.37. The number of carbonyl (C=O) groups is 2. The minimum absolute atomic E-state index is 0.130. The molecule has 0 bridgehead atoms. The van der Waals surface area contributed by atoms with Crippen LogP contribution < -0.4 is 10.1 Å². The minimum Gasteiger partial charge on any atom is -0.489 e. The lowest BCUT2D eigenvalue weighted by molar-refractivity contribution is -0.126. The summed E-state index contributed by atoms with van der Waals surface area (Å²) in [4.78, 5) is 29.4. The third-order valence-electron chi connectivity index (χ3n) is 6.99. The van der Waals surface area contributed by atoms with Gasteiger partial charge in [-0.05, 0) is 48.9 Å². The first-order valence-corrected chi connectivity index (χ1v) is 12.0. The van der Waals surface area contributed by atoms with Gasteiger partial charge in [-0.25, -0.2) is 4.39 Å². The molecule has 0 saturated carbocycles. The lowest BCUT2D eigenvalue weighted by Gasteiger charge is -2.31. The predicted octanol–water partition coefficient (Wildman–Crippen LogP) is 3.95. The second-order valence-electron chi connectivity index (χ2n) is 9.42. The second-order valence-corrected chi connectivity index (χ2v) is 9.42. The van der Waals surface area contributed by atoms with Gasteiger partial charge >= 0.3 is 0 Å². The van der Waals surface area contributed by atoms with E-state index in [1.165, 1.54) is 5.56 Å². The van der Waals surface area contributed by atoms with Crippen LogP contribution in [0.2, 0.25) is 0 Å². The third kappa shape index (κ3) is 4.71. The van der Waals surface area contributed by atoms with Crippen LogP contribution in [0.25, 0.3) is 0 Å². The number of halogens is 1. The summed E-state index contributed by atoms with van der Waals surface area (Å²) in [5.41, 5.74) is 4.37. The van der Waals surface area contributed by atoms with Crippen LogP contribution in [0.5, 0.6) is 5.75 Å². The highest BCUT2D eigenvalue weighted by atomic mass is 19.1. The molecule has 2 fully saturated rings. The van der Waals surface area contributed by atoms with E-state index in [9.17, 15) is 14.0 Å². The number of fused-ring (bicyclic) bond motifs is 1. The molecular formula is C27H30FN3O3. The Morgan fingerprint density at radius 1 is 1.03 bits per heavy atom. The molecule has 6 nitrogen and oxygen atoms in total. The zero-order valence-electron chi connectivity index (χ0n) is 19.3. The second kappa shape index (κ2) is 9.58. The first-order chi connectivity index (χ1) is 16.5. The number of piperidine rings is 2. The lowest BCUT2D eigenvalue weighted by atomic mass is 10.0. The van der Waals surface area contributed by atoms with E-state index >= 15 is 0 Å². The summed E-state index contributed by atoms with van der Waals surface area (Å²) in [6.07, 6.45) is 1.84. The smallest absolute Gasteiger partial charge is 0.255 e. The Morgan fingerprint density at radius 2 is 1.76 bits per heavy atom. The maximum Gasteiger partial charge on any atom is 0.255 e. The zero-order chi connectivity index (χ0) is 23.7. The third-order valence-corrected chi connectivity index (χ3v) is 6.99. The fraction of sp³-hybridized carbons (Fsp3) is 0.407. The van der Waals surface area contributed by atoms with E-state index in [4.69, 9.17) is 4.74 Å². The standard InChI is InChI=1S/C27H30FN3O3/c1-18-5-10-24(26(32)29-18)31-16-23-22(27(31)33)3-2-4-25(23)34-17-20-8-6-19(7-9-20)15-30-13-11-21(28)12-14-30/h2-4,6-9,21,24H,1,5,10-17H2,(H,29,32). The number of carbonyl (C=O) groups excluding carboxylic acids is 2. The minimum atomic E-state index is -0.655. The molecule has 2 amide bonds. The van der Waals surface area contributed by atoms with Crippen molar-refractivity contribution in [3.05, 3.63) is 77.0 Å². The van der Waals surface area contributed by atoms with Crippen molar-refractivity contribution in [1.29, 1.82) is 0 Å². The molecule has 34 heavy (non-hydrogen) atoms. The molecule has 1 atom stereocenters. The van der Waals surface area contributed by atoms with E-state index < -0.39 is 12.2 Å². The fourth-order valence-electron chi connectivity index (χ4n) is 4.99. The molecule has 0 spiro atoms. The van der Waals surface area contributed by atoms with E-state index in [-0.39, 0.29) is 11.8 Å². The first-order valence-electron chi connectivity index (χ1n) is 12.0. The van der Waals surface area contributed by atoms with E-state index in [0.717, 1.165) is 30.8 Å². The van der Waals surface area contributed by atoms with Crippen LogP contribution in [0.4, 0.5) is 4.39 Å². The molecule has 2 aromatic carbocycles. The first kappa shape index (κ1) is 22.6. The Labute approximate surface area is 199 Å². The van der Waals surface area contributed by atoms with Gasteiger partial charge in [0.05, 0.1) is 6.54 Å². The van der Waals surface area contributed by atoms with E-state index in [0.29, 0.717) is 55.8 Å². The summed E-state index contributed by atoms with van der Waals surface area (Å²) in [6.45, 7) is 7.01. The Bertz CT molecular complexity index is 1090. The molecule has 0 aromatic heterocycles. The number of likely N-dealkylation sites (tertiary alicyclic amines) is 1. The number of amides is 2. The number of rotatable bonds is 6. The summed E-state index contributed by atoms with van der Waals surface area (Å²) >= 11 is 0. The van der Waals surface area contributed by atoms with Crippen molar-refractivity contribution in [2.45, 2.75) is 57.6 Å². The number of hydrogen-bond donors (Lipinski definition) is 1. The van der Waals surface area contributed by atoms with E-state index in [1.807, 2.05) is 12.1 Å².